The molecule has 0 amide bonds. The van der Waals surface area contributed by atoms with Crippen LogP contribution in [0.2, 0.25) is 10.0 Å². The summed E-state index contributed by atoms with van der Waals surface area (Å²) >= 11 is 12.1. The Morgan fingerprint density at radius 3 is 2.50 bits per heavy atom. The molecule has 3 nitrogen and oxygen atoms in total. The summed E-state index contributed by atoms with van der Waals surface area (Å²) in [5.74, 6) is 0. The Bertz CT molecular complexity index is 717. The van der Waals surface area contributed by atoms with Crippen molar-refractivity contribution in [2.45, 2.75) is 0 Å². The molecule has 3 aromatic rings. The van der Waals surface area contributed by atoms with Crippen LogP contribution in [0.5, 0.6) is 0 Å². The van der Waals surface area contributed by atoms with Crippen LogP contribution in [-0.4, -0.2) is 9.38 Å². The summed E-state index contributed by atoms with van der Waals surface area (Å²) in [7, 11) is 0. The molecule has 0 fully saturated rings. The van der Waals surface area contributed by atoms with Gasteiger partial charge < -0.3 is 10.1 Å². The quantitative estimate of drug-likeness (QED) is 0.686. The van der Waals surface area contributed by atoms with Crippen LogP contribution in [0.1, 0.15) is 0 Å². The van der Waals surface area contributed by atoms with Crippen LogP contribution >= 0.6 is 23.2 Å². The van der Waals surface area contributed by atoms with Crippen molar-refractivity contribution in [2.24, 2.45) is 0 Å². The number of imidazole rings is 1. The Morgan fingerprint density at radius 2 is 1.78 bits per heavy atom. The molecule has 18 heavy (non-hydrogen) atoms. The molecule has 0 saturated carbocycles. The minimum absolute atomic E-state index is 0.532. The second kappa shape index (κ2) is 4.19. The molecule has 2 N–H and O–H groups in total. The van der Waals surface area contributed by atoms with Gasteiger partial charge in [0.05, 0.1) is 15.7 Å². The highest BCUT2D eigenvalue weighted by Gasteiger charge is 2.08. The molecule has 0 unspecified atom stereocenters. The minimum atomic E-state index is 0.532. The first-order chi connectivity index (χ1) is 8.63. The zero-order valence-corrected chi connectivity index (χ0v) is 10.8. The lowest BCUT2D eigenvalue weighted by molar-refractivity contribution is 1.19. The maximum atomic E-state index is 6.10. The van der Waals surface area contributed by atoms with Crippen molar-refractivity contribution in [1.29, 1.82) is 0 Å². The zero-order chi connectivity index (χ0) is 12.7. The SMILES string of the molecule is Nc1ccc(-c2cn3cc(Cl)cc(Cl)c3n2)cc1. The first-order valence-corrected chi connectivity index (χ1v) is 6.09. The Morgan fingerprint density at radius 1 is 1.06 bits per heavy atom. The van der Waals surface area contributed by atoms with E-state index in [4.69, 9.17) is 28.9 Å². The molecule has 5 heteroatoms. The maximum absolute atomic E-state index is 6.10. The summed E-state index contributed by atoms with van der Waals surface area (Å²) in [6, 6.07) is 9.21. The van der Waals surface area contributed by atoms with Gasteiger partial charge >= 0.3 is 0 Å². The van der Waals surface area contributed by atoms with E-state index in [1.807, 2.05) is 34.9 Å². The second-order valence-electron chi connectivity index (χ2n) is 3.99. The highest BCUT2D eigenvalue weighted by molar-refractivity contribution is 6.36. The fraction of sp³-hybridized carbons (Fsp3) is 0. The van der Waals surface area contributed by atoms with Gasteiger partial charge in [0.2, 0.25) is 0 Å². The molecule has 0 atom stereocenters. The van der Waals surface area contributed by atoms with Gasteiger partial charge in [0, 0.05) is 23.6 Å². The fourth-order valence-electron chi connectivity index (χ4n) is 1.82. The topological polar surface area (TPSA) is 43.3 Å². The molecule has 0 aliphatic carbocycles. The Balaban J connectivity index is 2.19. The van der Waals surface area contributed by atoms with Gasteiger partial charge in [0.25, 0.3) is 0 Å². The summed E-state index contributed by atoms with van der Waals surface area (Å²) in [6.07, 6.45) is 3.66. The number of nitrogen functional groups attached to an aromatic ring is 1. The van der Waals surface area contributed by atoms with Crippen LogP contribution in [0.4, 0.5) is 5.69 Å². The van der Waals surface area contributed by atoms with Gasteiger partial charge in [-0.05, 0) is 18.2 Å². The summed E-state index contributed by atoms with van der Waals surface area (Å²) < 4.78 is 1.82. The van der Waals surface area contributed by atoms with E-state index in [0.29, 0.717) is 15.7 Å². The van der Waals surface area contributed by atoms with Crippen LogP contribution in [-0.2, 0) is 0 Å². The molecular formula is C13H9Cl2N3. The molecule has 0 aliphatic rings. The Labute approximate surface area is 114 Å². The van der Waals surface area contributed by atoms with Gasteiger partial charge in [-0.2, -0.15) is 0 Å². The molecule has 0 radical (unpaired) electrons. The lowest BCUT2D eigenvalue weighted by Crippen LogP contribution is -1.83. The van der Waals surface area contributed by atoms with Crippen LogP contribution in [0.3, 0.4) is 0 Å². The summed E-state index contributed by atoms with van der Waals surface area (Å²) in [4.78, 5) is 4.48. The van der Waals surface area contributed by atoms with Gasteiger partial charge in [-0.1, -0.05) is 35.3 Å². The van der Waals surface area contributed by atoms with E-state index in [-0.39, 0.29) is 0 Å². The van der Waals surface area contributed by atoms with Crippen molar-refractivity contribution in [2.75, 3.05) is 5.73 Å². The summed E-state index contributed by atoms with van der Waals surface area (Å²) in [6.45, 7) is 0. The predicted octanol–water partition coefficient (Wildman–Crippen LogP) is 3.89. The van der Waals surface area contributed by atoms with E-state index in [9.17, 15) is 0 Å². The number of benzene rings is 1. The van der Waals surface area contributed by atoms with E-state index in [1.165, 1.54) is 0 Å². The average Bonchev–Trinajstić information content (AvgIpc) is 2.74. The highest BCUT2D eigenvalue weighted by atomic mass is 35.5. The third-order valence-electron chi connectivity index (χ3n) is 2.68. The first-order valence-electron chi connectivity index (χ1n) is 5.33. The van der Waals surface area contributed by atoms with Crippen molar-refractivity contribution in [3.8, 4) is 11.3 Å². The molecule has 1 aromatic carbocycles. The van der Waals surface area contributed by atoms with Gasteiger partial charge in [0.1, 0.15) is 0 Å². The molecule has 0 saturated heterocycles. The number of hydrogen-bond donors (Lipinski definition) is 1. The Hall–Kier alpha value is -1.71. The highest BCUT2D eigenvalue weighted by Crippen LogP contribution is 2.26. The maximum Gasteiger partial charge on any atom is 0.156 e. The number of nitrogens with two attached hydrogens (primary N) is 1. The van der Waals surface area contributed by atoms with E-state index in [2.05, 4.69) is 4.98 Å². The van der Waals surface area contributed by atoms with Crippen molar-refractivity contribution in [3.05, 3.63) is 52.8 Å². The van der Waals surface area contributed by atoms with Gasteiger partial charge in [0.15, 0.2) is 5.65 Å². The third kappa shape index (κ3) is 1.92. The van der Waals surface area contributed by atoms with Gasteiger partial charge in [-0.25, -0.2) is 4.98 Å². The van der Waals surface area contributed by atoms with Crippen LogP contribution in [0, 0.1) is 0 Å². The van der Waals surface area contributed by atoms with E-state index in [0.717, 1.165) is 16.9 Å². The van der Waals surface area contributed by atoms with E-state index >= 15 is 0 Å². The van der Waals surface area contributed by atoms with Gasteiger partial charge in [-0.3, -0.25) is 0 Å². The van der Waals surface area contributed by atoms with E-state index in [1.54, 1.807) is 12.3 Å². The molecule has 2 heterocycles. The zero-order valence-electron chi connectivity index (χ0n) is 9.27. The number of nitrogens with zero attached hydrogens (tertiary/aromatic N) is 2. The third-order valence-corrected chi connectivity index (χ3v) is 3.16. The largest absolute Gasteiger partial charge is 0.399 e. The smallest absolute Gasteiger partial charge is 0.156 e. The monoisotopic (exact) mass is 277 g/mol. The standard InChI is InChI=1S/C13H9Cl2N3/c14-9-5-11(15)13-17-12(7-18(13)6-9)8-1-3-10(16)4-2-8/h1-7H,16H2. The van der Waals surface area contributed by atoms with Crippen LogP contribution in [0.15, 0.2) is 42.7 Å². The molecule has 0 aliphatic heterocycles. The number of anilines is 1. The van der Waals surface area contributed by atoms with Crippen LogP contribution in [0.25, 0.3) is 16.9 Å². The lowest BCUT2D eigenvalue weighted by atomic mass is 10.1. The molecule has 0 bridgehead atoms. The predicted molar refractivity (Wildman–Crippen MR) is 75.1 cm³/mol. The summed E-state index contributed by atoms with van der Waals surface area (Å²) in [5, 5.41) is 1.11. The fourth-order valence-corrected chi connectivity index (χ4v) is 2.34. The normalized spacial score (nSPS) is 11.0. The molecule has 2 aromatic heterocycles. The molecule has 3 rings (SSSR count). The lowest BCUT2D eigenvalue weighted by Gasteiger charge is -1.96. The number of pyridine rings is 1. The van der Waals surface area contributed by atoms with Crippen LogP contribution < -0.4 is 5.73 Å². The van der Waals surface area contributed by atoms with Gasteiger partial charge in [-0.15, -0.1) is 0 Å². The number of fused-ring (bicyclic) bond motifs is 1. The minimum Gasteiger partial charge on any atom is -0.399 e. The van der Waals surface area contributed by atoms with Crippen molar-refractivity contribution in [1.82, 2.24) is 9.38 Å². The van der Waals surface area contributed by atoms with E-state index < -0.39 is 0 Å². The molecule has 90 valence electrons. The molecular weight excluding hydrogens is 269 g/mol. The average molecular weight is 278 g/mol. The second-order valence-corrected chi connectivity index (χ2v) is 4.83. The number of hydrogen-bond acceptors (Lipinski definition) is 2. The van der Waals surface area contributed by atoms with Crippen molar-refractivity contribution >= 4 is 34.5 Å². The number of rotatable bonds is 1. The first kappa shape index (κ1) is 11.4. The number of aromatic nitrogens is 2. The molecule has 0 spiro atoms. The number of halogens is 2. The van der Waals surface area contributed by atoms with Crippen molar-refractivity contribution in [3.63, 3.8) is 0 Å². The van der Waals surface area contributed by atoms with Crippen molar-refractivity contribution < 1.29 is 0 Å². The summed E-state index contributed by atoms with van der Waals surface area (Å²) in [5.41, 5.74) is 8.89. The Kier molecular flexibility index (Phi) is 2.65.